The van der Waals surface area contributed by atoms with Gasteiger partial charge in [0.05, 0.1) is 23.5 Å². The number of thiocarbonyl (C=S) groups is 1. The molecule has 2 amide bonds. The Morgan fingerprint density at radius 2 is 2.03 bits per heavy atom. The molecule has 1 heterocycles. The molecule has 0 aromatic heterocycles. The van der Waals surface area contributed by atoms with E-state index in [1.54, 1.807) is 24.3 Å². The van der Waals surface area contributed by atoms with Crippen molar-refractivity contribution in [2.45, 2.75) is 6.92 Å². The minimum absolute atomic E-state index is 0.0982. The standard InChI is InChI=1S/C20H17N3O6S2/c1-3-29-15-9-8-12(10-16(15)28-2)11-17-19(25)22(20(30)31-17)21-18(24)13-6-4-5-7-14(13)23(26)27/h4-11H,3H2,1-2H3,(H,21,24)/b17-11+. The lowest BCUT2D eigenvalue weighted by molar-refractivity contribution is -0.385. The molecule has 31 heavy (non-hydrogen) atoms. The fourth-order valence-corrected chi connectivity index (χ4v) is 3.93. The highest BCUT2D eigenvalue weighted by Gasteiger charge is 2.34. The number of amides is 2. The van der Waals surface area contributed by atoms with E-state index in [0.29, 0.717) is 23.7 Å². The monoisotopic (exact) mass is 459 g/mol. The minimum Gasteiger partial charge on any atom is -0.493 e. The molecule has 0 bridgehead atoms. The third kappa shape index (κ3) is 4.84. The zero-order chi connectivity index (χ0) is 22.5. The Morgan fingerprint density at radius 1 is 1.29 bits per heavy atom. The quantitative estimate of drug-likeness (QED) is 0.290. The number of thioether (sulfide) groups is 1. The summed E-state index contributed by atoms with van der Waals surface area (Å²) in [4.78, 5) is 36.1. The first-order chi connectivity index (χ1) is 14.8. The lowest BCUT2D eigenvalue weighted by Crippen LogP contribution is -2.45. The van der Waals surface area contributed by atoms with E-state index in [0.717, 1.165) is 16.8 Å². The molecule has 0 radical (unpaired) electrons. The predicted octanol–water partition coefficient (Wildman–Crippen LogP) is 3.55. The van der Waals surface area contributed by atoms with Crippen LogP contribution in [0.2, 0.25) is 0 Å². The van der Waals surface area contributed by atoms with E-state index in [1.165, 1.54) is 31.4 Å². The zero-order valence-corrected chi connectivity index (χ0v) is 18.1. The lowest BCUT2D eigenvalue weighted by Gasteiger charge is -2.15. The number of carbonyl (C=O) groups is 2. The second-order valence-electron chi connectivity index (χ2n) is 6.08. The predicted molar refractivity (Wildman–Crippen MR) is 120 cm³/mol. The Kier molecular flexibility index (Phi) is 6.88. The van der Waals surface area contributed by atoms with E-state index >= 15 is 0 Å². The van der Waals surface area contributed by atoms with Gasteiger partial charge in [-0.15, -0.1) is 0 Å². The summed E-state index contributed by atoms with van der Waals surface area (Å²) in [5.74, 6) is -0.274. The summed E-state index contributed by atoms with van der Waals surface area (Å²) in [6.45, 7) is 2.34. The molecule has 0 aliphatic carbocycles. The van der Waals surface area contributed by atoms with Crippen LogP contribution in [0.25, 0.3) is 6.08 Å². The first kappa shape index (κ1) is 22.2. The number of para-hydroxylation sites is 1. The first-order valence-corrected chi connectivity index (χ1v) is 10.2. The molecular weight excluding hydrogens is 442 g/mol. The maximum atomic E-state index is 12.8. The van der Waals surface area contributed by atoms with Crippen LogP contribution in [0, 0.1) is 10.1 Å². The number of hydrazine groups is 1. The molecule has 1 saturated heterocycles. The fourth-order valence-electron chi connectivity index (χ4n) is 2.75. The third-order valence-corrected chi connectivity index (χ3v) is 5.44. The highest BCUT2D eigenvalue weighted by atomic mass is 32.2. The van der Waals surface area contributed by atoms with Crippen LogP contribution >= 0.6 is 24.0 Å². The molecule has 0 unspecified atom stereocenters. The molecule has 0 spiro atoms. The van der Waals surface area contributed by atoms with E-state index in [4.69, 9.17) is 21.7 Å². The maximum Gasteiger partial charge on any atom is 0.285 e. The van der Waals surface area contributed by atoms with Crippen LogP contribution in [-0.4, -0.2) is 39.8 Å². The van der Waals surface area contributed by atoms with Crippen molar-refractivity contribution in [3.05, 3.63) is 68.6 Å². The molecule has 0 atom stereocenters. The number of hydrogen-bond donors (Lipinski definition) is 1. The molecule has 1 aliphatic heterocycles. The molecule has 160 valence electrons. The number of rotatable bonds is 7. The molecule has 3 rings (SSSR count). The molecule has 1 N–H and O–H groups in total. The van der Waals surface area contributed by atoms with Gasteiger partial charge in [0.1, 0.15) is 5.56 Å². The van der Waals surface area contributed by atoms with E-state index in [1.807, 2.05) is 6.92 Å². The normalized spacial score (nSPS) is 14.6. The second-order valence-corrected chi connectivity index (χ2v) is 7.75. The Hall–Kier alpha value is -3.44. The summed E-state index contributed by atoms with van der Waals surface area (Å²) < 4.78 is 10.9. The van der Waals surface area contributed by atoms with Crippen molar-refractivity contribution in [3.8, 4) is 11.5 Å². The SMILES string of the molecule is CCOc1ccc(/C=C2/SC(=S)N(NC(=O)c3ccccc3[N+](=O)[O-])C2=O)cc1OC. The topological polar surface area (TPSA) is 111 Å². The van der Waals surface area contributed by atoms with Gasteiger partial charge >= 0.3 is 0 Å². The number of nitro groups is 1. The Balaban J connectivity index is 1.81. The first-order valence-electron chi connectivity index (χ1n) is 8.99. The van der Waals surface area contributed by atoms with Crippen molar-refractivity contribution >= 4 is 51.9 Å². The molecule has 0 saturated carbocycles. The summed E-state index contributed by atoms with van der Waals surface area (Å²) in [7, 11) is 1.51. The number of benzene rings is 2. The zero-order valence-electron chi connectivity index (χ0n) is 16.5. The molecule has 11 heteroatoms. The minimum atomic E-state index is -0.812. The summed E-state index contributed by atoms with van der Waals surface area (Å²) in [5, 5.41) is 12.1. The smallest absolute Gasteiger partial charge is 0.285 e. The van der Waals surface area contributed by atoms with E-state index < -0.39 is 16.7 Å². The van der Waals surface area contributed by atoms with Gasteiger partial charge in [-0.3, -0.25) is 25.1 Å². The van der Waals surface area contributed by atoms with Gasteiger partial charge in [-0.1, -0.05) is 30.0 Å². The highest BCUT2D eigenvalue weighted by molar-refractivity contribution is 8.26. The van der Waals surface area contributed by atoms with Gasteiger partial charge in [0.25, 0.3) is 17.5 Å². The van der Waals surface area contributed by atoms with E-state index in [2.05, 4.69) is 5.43 Å². The molecule has 1 fully saturated rings. The average Bonchev–Trinajstić information content (AvgIpc) is 3.02. The Bertz CT molecular complexity index is 1100. The molecular formula is C20H17N3O6S2. The van der Waals surface area contributed by atoms with Crippen LogP contribution in [-0.2, 0) is 4.79 Å². The lowest BCUT2D eigenvalue weighted by atomic mass is 10.1. The van der Waals surface area contributed by atoms with Crippen LogP contribution in [0.5, 0.6) is 11.5 Å². The highest BCUT2D eigenvalue weighted by Crippen LogP contribution is 2.34. The number of carbonyl (C=O) groups excluding carboxylic acids is 2. The van der Waals surface area contributed by atoms with Crippen molar-refractivity contribution < 1.29 is 24.0 Å². The van der Waals surface area contributed by atoms with Gasteiger partial charge in [0, 0.05) is 6.07 Å². The maximum absolute atomic E-state index is 12.8. The van der Waals surface area contributed by atoms with Crippen molar-refractivity contribution in [3.63, 3.8) is 0 Å². The average molecular weight is 460 g/mol. The third-order valence-electron chi connectivity index (χ3n) is 4.14. The van der Waals surface area contributed by atoms with Crippen molar-refractivity contribution in [2.24, 2.45) is 0 Å². The number of nitro benzene ring substituents is 1. The summed E-state index contributed by atoms with van der Waals surface area (Å²) in [5.41, 5.74) is 2.47. The molecule has 2 aromatic rings. The van der Waals surface area contributed by atoms with Gasteiger partial charge in [-0.05, 0) is 49.0 Å². The van der Waals surface area contributed by atoms with Crippen molar-refractivity contribution in [1.29, 1.82) is 0 Å². The van der Waals surface area contributed by atoms with Gasteiger partial charge in [-0.25, -0.2) is 0 Å². The van der Waals surface area contributed by atoms with E-state index in [-0.39, 0.29) is 20.5 Å². The molecule has 9 nitrogen and oxygen atoms in total. The van der Waals surface area contributed by atoms with Crippen LogP contribution in [0.15, 0.2) is 47.4 Å². The molecule has 1 aliphatic rings. The van der Waals surface area contributed by atoms with Crippen LogP contribution in [0.3, 0.4) is 0 Å². The van der Waals surface area contributed by atoms with Crippen LogP contribution in [0.1, 0.15) is 22.8 Å². The molecule has 2 aromatic carbocycles. The Labute approximate surface area is 187 Å². The second kappa shape index (κ2) is 9.58. The number of nitrogens with zero attached hydrogens (tertiary/aromatic N) is 2. The van der Waals surface area contributed by atoms with E-state index in [9.17, 15) is 19.7 Å². The summed E-state index contributed by atoms with van der Waals surface area (Å²) in [6, 6.07) is 10.6. The Morgan fingerprint density at radius 3 is 2.71 bits per heavy atom. The number of nitrogens with one attached hydrogen (secondary N) is 1. The van der Waals surface area contributed by atoms with Crippen LogP contribution < -0.4 is 14.9 Å². The number of ether oxygens (including phenoxy) is 2. The largest absolute Gasteiger partial charge is 0.493 e. The van der Waals surface area contributed by atoms with Crippen molar-refractivity contribution in [1.82, 2.24) is 10.4 Å². The summed E-state index contributed by atoms with van der Waals surface area (Å²) >= 11 is 6.20. The van der Waals surface area contributed by atoms with Crippen LogP contribution in [0.4, 0.5) is 5.69 Å². The fraction of sp³-hybridized carbons (Fsp3) is 0.150. The van der Waals surface area contributed by atoms with Gasteiger partial charge in [0.15, 0.2) is 15.8 Å². The van der Waals surface area contributed by atoms with Gasteiger partial charge in [0.2, 0.25) is 0 Å². The van der Waals surface area contributed by atoms with Gasteiger partial charge < -0.3 is 9.47 Å². The number of methoxy groups -OCH3 is 1. The van der Waals surface area contributed by atoms with Gasteiger partial charge in [-0.2, -0.15) is 5.01 Å². The number of hydrogen-bond acceptors (Lipinski definition) is 8. The summed E-state index contributed by atoms with van der Waals surface area (Å²) in [6.07, 6.45) is 1.61. The van der Waals surface area contributed by atoms with Crippen molar-refractivity contribution in [2.75, 3.05) is 13.7 Å².